The van der Waals surface area contributed by atoms with Crippen LogP contribution in [0.15, 0.2) is 54.6 Å². The molecule has 1 fully saturated rings. The van der Waals surface area contributed by atoms with Crippen LogP contribution in [0.3, 0.4) is 0 Å². The van der Waals surface area contributed by atoms with Crippen molar-refractivity contribution in [2.45, 2.75) is 44.8 Å². The van der Waals surface area contributed by atoms with Crippen LogP contribution in [0.2, 0.25) is 5.02 Å². The van der Waals surface area contributed by atoms with Gasteiger partial charge in [0.05, 0.1) is 12.2 Å². The molecule has 2 aromatic rings. The van der Waals surface area contributed by atoms with Gasteiger partial charge in [-0.15, -0.1) is 0 Å². The normalized spacial score (nSPS) is 21.7. The Balaban J connectivity index is 1.61. The summed E-state index contributed by atoms with van der Waals surface area (Å²) in [6, 6.07) is 12.8. The second kappa shape index (κ2) is 9.67. The predicted molar refractivity (Wildman–Crippen MR) is 129 cm³/mol. The molecule has 2 N–H and O–H groups in total. The molecule has 2 heterocycles. The molecule has 174 valence electrons. The molecule has 4 rings (SSSR count). The molecule has 2 aliphatic rings. The van der Waals surface area contributed by atoms with Crippen molar-refractivity contribution in [3.05, 3.63) is 70.8 Å². The average molecular weight is 469 g/mol. The van der Waals surface area contributed by atoms with E-state index in [2.05, 4.69) is 0 Å². The van der Waals surface area contributed by atoms with E-state index in [4.69, 9.17) is 16.7 Å². The van der Waals surface area contributed by atoms with Crippen LogP contribution >= 0.6 is 11.6 Å². The van der Waals surface area contributed by atoms with E-state index in [0.717, 1.165) is 30.6 Å². The Bertz CT molecular complexity index is 1070. The van der Waals surface area contributed by atoms with Crippen molar-refractivity contribution in [1.29, 1.82) is 0 Å². The summed E-state index contributed by atoms with van der Waals surface area (Å²) in [6.45, 7) is 2.80. The predicted octanol–water partition coefficient (Wildman–Crippen LogP) is 4.17. The van der Waals surface area contributed by atoms with Crippen LogP contribution in [0.4, 0.5) is 11.4 Å². The molecule has 2 atom stereocenters. The van der Waals surface area contributed by atoms with E-state index in [1.54, 1.807) is 42.2 Å². The van der Waals surface area contributed by atoms with E-state index in [9.17, 15) is 14.7 Å². The van der Waals surface area contributed by atoms with E-state index >= 15 is 0 Å². The van der Waals surface area contributed by atoms with Crippen LogP contribution in [0.25, 0.3) is 0 Å². The molecule has 6 nitrogen and oxygen atoms in total. The van der Waals surface area contributed by atoms with Crippen molar-refractivity contribution in [1.82, 2.24) is 0 Å². The lowest BCUT2D eigenvalue weighted by atomic mass is 9.83. The Hall–Kier alpha value is -2.67. The smallest absolute Gasteiger partial charge is 0.264 e. The summed E-state index contributed by atoms with van der Waals surface area (Å²) in [7, 11) is 0. The maximum atomic E-state index is 13.5. The Kier molecular flexibility index (Phi) is 6.88. The topological polar surface area (TPSA) is 81.1 Å². The van der Waals surface area contributed by atoms with Gasteiger partial charge in [0.15, 0.2) is 5.60 Å². The number of rotatable bonds is 7. The van der Waals surface area contributed by atoms with Crippen LogP contribution in [-0.2, 0) is 21.7 Å². The van der Waals surface area contributed by atoms with Gasteiger partial charge in [-0.3, -0.25) is 9.59 Å². The number of benzene rings is 2. The number of nitrogens with zero attached hydrogens (tertiary/aromatic N) is 2. The van der Waals surface area contributed by atoms with E-state index in [1.807, 2.05) is 29.2 Å². The number of carbonyl (C=O) groups is 2. The second-order valence-electron chi connectivity index (χ2n) is 8.72. The number of hydrogen-bond acceptors (Lipinski definition) is 4. The van der Waals surface area contributed by atoms with Gasteiger partial charge in [-0.25, -0.2) is 0 Å². The number of amides is 2. The van der Waals surface area contributed by atoms with E-state index in [1.165, 1.54) is 0 Å². The Morgan fingerprint density at radius 3 is 2.61 bits per heavy atom. The molecule has 0 saturated carbocycles. The molecule has 0 radical (unpaired) electrons. The third-order valence-corrected chi connectivity index (χ3v) is 6.76. The minimum atomic E-state index is -1.74. The minimum Gasteiger partial charge on any atom is -0.396 e. The fourth-order valence-corrected chi connectivity index (χ4v) is 4.81. The van der Waals surface area contributed by atoms with Crippen LogP contribution < -0.4 is 9.80 Å². The zero-order valence-electron chi connectivity index (χ0n) is 18.7. The fourth-order valence-electron chi connectivity index (χ4n) is 4.63. The van der Waals surface area contributed by atoms with E-state index < -0.39 is 17.4 Å². The summed E-state index contributed by atoms with van der Waals surface area (Å²) in [6.07, 6.45) is 6.48. The summed E-state index contributed by atoms with van der Waals surface area (Å²) in [5.41, 5.74) is 1.13. The summed E-state index contributed by atoms with van der Waals surface area (Å²) >= 11 is 6.22. The number of fused-ring (bicyclic) bond motifs is 1. The van der Waals surface area contributed by atoms with Crippen molar-refractivity contribution < 1.29 is 19.8 Å². The SMILES string of the molecule is C[C@@H](/C=C/CCO)[C@]1(O)C(=O)N(Cc2ccc(N3CCCCC3=O)cc2)c2ccc(Cl)cc21. The van der Waals surface area contributed by atoms with Crippen LogP contribution in [0.5, 0.6) is 0 Å². The maximum absolute atomic E-state index is 13.5. The zero-order chi connectivity index (χ0) is 23.6. The van der Waals surface area contributed by atoms with Gasteiger partial charge in [0.1, 0.15) is 0 Å². The largest absolute Gasteiger partial charge is 0.396 e. The molecule has 33 heavy (non-hydrogen) atoms. The lowest BCUT2D eigenvalue weighted by Crippen LogP contribution is -2.44. The molecule has 0 aliphatic carbocycles. The van der Waals surface area contributed by atoms with Crippen molar-refractivity contribution >= 4 is 34.8 Å². The lowest BCUT2D eigenvalue weighted by molar-refractivity contribution is -0.139. The molecule has 0 spiro atoms. The molecule has 0 unspecified atom stereocenters. The maximum Gasteiger partial charge on any atom is 0.264 e. The molecule has 1 saturated heterocycles. The Morgan fingerprint density at radius 1 is 1.15 bits per heavy atom. The van der Waals surface area contributed by atoms with Gasteiger partial charge in [-0.1, -0.05) is 42.8 Å². The van der Waals surface area contributed by atoms with Crippen molar-refractivity contribution in [2.75, 3.05) is 23.0 Å². The molecule has 2 aromatic carbocycles. The quantitative estimate of drug-likeness (QED) is 0.598. The molecule has 7 heteroatoms. The zero-order valence-corrected chi connectivity index (χ0v) is 19.5. The highest BCUT2D eigenvalue weighted by Crippen LogP contribution is 2.46. The van der Waals surface area contributed by atoms with Gasteiger partial charge in [0.2, 0.25) is 5.91 Å². The van der Waals surface area contributed by atoms with Gasteiger partial charge in [-0.05, 0) is 55.2 Å². The highest BCUT2D eigenvalue weighted by molar-refractivity contribution is 6.31. The van der Waals surface area contributed by atoms with E-state index in [-0.39, 0.29) is 19.1 Å². The first-order valence-corrected chi connectivity index (χ1v) is 11.7. The van der Waals surface area contributed by atoms with Crippen molar-refractivity contribution in [2.24, 2.45) is 5.92 Å². The molecular weight excluding hydrogens is 440 g/mol. The summed E-state index contributed by atoms with van der Waals surface area (Å²) in [5.74, 6) is -0.773. The molecule has 0 bridgehead atoms. The first-order chi connectivity index (χ1) is 15.9. The highest BCUT2D eigenvalue weighted by Gasteiger charge is 2.52. The van der Waals surface area contributed by atoms with Gasteiger partial charge in [-0.2, -0.15) is 0 Å². The number of carbonyl (C=O) groups excluding carboxylic acids is 2. The van der Waals surface area contributed by atoms with E-state index in [0.29, 0.717) is 29.1 Å². The highest BCUT2D eigenvalue weighted by atomic mass is 35.5. The first-order valence-electron chi connectivity index (χ1n) is 11.4. The number of aliphatic hydroxyl groups is 2. The van der Waals surface area contributed by atoms with Gasteiger partial charge >= 0.3 is 0 Å². The lowest BCUT2D eigenvalue weighted by Gasteiger charge is -2.28. The number of anilines is 2. The van der Waals surface area contributed by atoms with Crippen LogP contribution in [0, 0.1) is 5.92 Å². The first kappa shape index (κ1) is 23.5. The van der Waals surface area contributed by atoms with Gasteiger partial charge in [0.25, 0.3) is 5.91 Å². The van der Waals surface area contributed by atoms with Crippen molar-refractivity contribution in [3.8, 4) is 0 Å². The third-order valence-electron chi connectivity index (χ3n) is 6.52. The summed E-state index contributed by atoms with van der Waals surface area (Å²) in [4.78, 5) is 29.1. The van der Waals surface area contributed by atoms with Crippen LogP contribution in [0.1, 0.15) is 43.7 Å². The number of piperidine rings is 1. The van der Waals surface area contributed by atoms with Crippen molar-refractivity contribution in [3.63, 3.8) is 0 Å². The average Bonchev–Trinajstić information content (AvgIpc) is 3.02. The molecular formula is C26H29ClN2O4. The minimum absolute atomic E-state index is 0.00313. The standard InChI is InChI=1S/C26H29ClN2O4/c1-18(6-3-5-15-30)26(33)22-16-20(27)10-13-23(22)29(25(26)32)17-19-8-11-21(12-9-19)28-14-4-2-7-24(28)31/h3,6,8-13,16,18,30,33H,2,4-5,7,14-15,17H2,1H3/b6-3+/t18-,26+/m0/s1. The second-order valence-corrected chi connectivity index (χ2v) is 9.15. The molecule has 2 aliphatic heterocycles. The van der Waals surface area contributed by atoms with Gasteiger partial charge in [0, 0.05) is 41.8 Å². The molecule has 2 amide bonds. The Labute approximate surface area is 199 Å². The number of hydrogen-bond donors (Lipinski definition) is 2. The number of halogens is 1. The summed E-state index contributed by atoms with van der Waals surface area (Å²) < 4.78 is 0. The van der Waals surface area contributed by atoms with Crippen LogP contribution in [-0.4, -0.2) is 35.2 Å². The monoisotopic (exact) mass is 468 g/mol. The fraction of sp³-hybridized carbons (Fsp3) is 0.385. The Morgan fingerprint density at radius 2 is 1.91 bits per heavy atom. The van der Waals surface area contributed by atoms with Gasteiger partial charge < -0.3 is 20.0 Å². The molecule has 0 aromatic heterocycles. The summed E-state index contributed by atoms with van der Waals surface area (Å²) in [5, 5.41) is 21.1. The third kappa shape index (κ3) is 4.43. The number of aliphatic hydroxyl groups excluding tert-OH is 1.